The number of aromatic nitrogens is 1. The number of nitrogens with zero attached hydrogens (tertiary/aromatic N) is 2. The highest BCUT2D eigenvalue weighted by Crippen LogP contribution is 2.27. The van der Waals surface area contributed by atoms with Crippen LogP contribution in [-0.2, 0) is 6.42 Å². The molecule has 1 aromatic heterocycles. The first-order valence-electron chi connectivity index (χ1n) is 9.89. The van der Waals surface area contributed by atoms with Crippen LogP contribution >= 0.6 is 11.6 Å². The quantitative estimate of drug-likeness (QED) is 0.681. The molecule has 0 atom stereocenters. The Morgan fingerprint density at radius 2 is 1.79 bits per heavy atom. The molecule has 0 saturated carbocycles. The molecular formula is C22H28ClN3O3. The lowest BCUT2D eigenvalue weighted by Crippen LogP contribution is -2.38. The van der Waals surface area contributed by atoms with Crippen molar-refractivity contribution >= 4 is 23.3 Å². The number of carbonyl (C=O) groups is 1. The summed E-state index contributed by atoms with van der Waals surface area (Å²) in [7, 11) is 5.10. The van der Waals surface area contributed by atoms with Crippen molar-refractivity contribution in [3.05, 3.63) is 46.6 Å². The van der Waals surface area contributed by atoms with Crippen molar-refractivity contribution in [1.29, 1.82) is 0 Å². The van der Waals surface area contributed by atoms with Crippen molar-refractivity contribution in [3.63, 3.8) is 0 Å². The van der Waals surface area contributed by atoms with Gasteiger partial charge in [0.2, 0.25) is 0 Å². The van der Waals surface area contributed by atoms with Gasteiger partial charge >= 0.3 is 0 Å². The Balaban J connectivity index is 1.54. The van der Waals surface area contributed by atoms with Crippen molar-refractivity contribution < 1.29 is 14.3 Å². The molecule has 1 aliphatic heterocycles. The Kier molecular flexibility index (Phi) is 7.20. The van der Waals surface area contributed by atoms with Crippen molar-refractivity contribution in [2.45, 2.75) is 25.7 Å². The van der Waals surface area contributed by atoms with Crippen LogP contribution in [0.4, 0.5) is 5.82 Å². The molecule has 1 fully saturated rings. The van der Waals surface area contributed by atoms with Gasteiger partial charge in [-0.15, -0.1) is 0 Å². The van der Waals surface area contributed by atoms with E-state index in [4.69, 9.17) is 21.1 Å². The zero-order chi connectivity index (χ0) is 20.8. The van der Waals surface area contributed by atoms with Crippen molar-refractivity contribution in [2.75, 3.05) is 39.7 Å². The summed E-state index contributed by atoms with van der Waals surface area (Å²) in [6.07, 6.45) is 4.07. The maximum atomic E-state index is 12.8. The smallest absolute Gasteiger partial charge is 0.254 e. The monoisotopic (exact) mass is 417 g/mol. The van der Waals surface area contributed by atoms with Gasteiger partial charge in [-0.05, 0) is 61.4 Å². The maximum Gasteiger partial charge on any atom is 0.254 e. The number of anilines is 1. The van der Waals surface area contributed by atoms with Crippen LogP contribution in [0, 0.1) is 5.92 Å². The van der Waals surface area contributed by atoms with Gasteiger partial charge in [0.15, 0.2) is 0 Å². The number of halogens is 1. The van der Waals surface area contributed by atoms with E-state index in [2.05, 4.69) is 22.4 Å². The Morgan fingerprint density at radius 3 is 2.38 bits per heavy atom. The molecule has 2 aromatic rings. The van der Waals surface area contributed by atoms with Gasteiger partial charge in [0.25, 0.3) is 5.91 Å². The fourth-order valence-electron chi connectivity index (χ4n) is 3.74. The number of hydrogen-bond acceptors (Lipinski definition) is 5. The molecular weight excluding hydrogens is 390 g/mol. The van der Waals surface area contributed by atoms with E-state index in [0.717, 1.165) is 50.3 Å². The fraction of sp³-hybridized carbons (Fsp3) is 0.455. The van der Waals surface area contributed by atoms with Crippen LogP contribution in [0.15, 0.2) is 30.3 Å². The predicted octanol–water partition coefficient (Wildman–Crippen LogP) is 4.28. The van der Waals surface area contributed by atoms with E-state index in [1.165, 1.54) is 5.56 Å². The summed E-state index contributed by atoms with van der Waals surface area (Å²) in [5.41, 5.74) is 1.79. The summed E-state index contributed by atoms with van der Waals surface area (Å²) >= 11 is 6.04. The molecule has 1 aliphatic rings. The lowest BCUT2D eigenvalue weighted by Gasteiger charge is -2.32. The SMILES string of the molecule is CNc1cc(C(=O)N2CCC(CCc3cc(OC)cc(OC)c3)CC2)cc(Cl)n1. The Bertz CT molecular complexity index is 829. The highest BCUT2D eigenvalue weighted by Gasteiger charge is 2.24. The van der Waals surface area contributed by atoms with Crippen LogP contribution in [0.3, 0.4) is 0 Å². The molecule has 0 spiro atoms. The minimum atomic E-state index is 0.0155. The number of likely N-dealkylation sites (tertiary alicyclic amines) is 1. The molecule has 0 radical (unpaired) electrons. The molecule has 6 nitrogen and oxygen atoms in total. The van der Waals surface area contributed by atoms with Crippen LogP contribution in [0.1, 0.15) is 35.2 Å². The third-order valence-electron chi connectivity index (χ3n) is 5.45. The second-order valence-corrected chi connectivity index (χ2v) is 7.70. The van der Waals surface area contributed by atoms with Crippen LogP contribution < -0.4 is 14.8 Å². The lowest BCUT2D eigenvalue weighted by atomic mass is 9.90. The summed E-state index contributed by atoms with van der Waals surface area (Å²) in [4.78, 5) is 18.9. The molecule has 1 aromatic carbocycles. The largest absolute Gasteiger partial charge is 0.497 e. The van der Waals surface area contributed by atoms with Crippen molar-refractivity contribution in [1.82, 2.24) is 9.88 Å². The predicted molar refractivity (Wildman–Crippen MR) is 115 cm³/mol. The Morgan fingerprint density at radius 1 is 1.14 bits per heavy atom. The molecule has 0 bridgehead atoms. The molecule has 156 valence electrons. The number of rotatable bonds is 7. The van der Waals surface area contributed by atoms with Gasteiger partial charge in [0.1, 0.15) is 22.5 Å². The second kappa shape index (κ2) is 9.83. The number of benzene rings is 1. The van der Waals surface area contributed by atoms with E-state index >= 15 is 0 Å². The molecule has 1 saturated heterocycles. The van der Waals surface area contributed by atoms with Crippen LogP contribution in [0.5, 0.6) is 11.5 Å². The molecule has 29 heavy (non-hydrogen) atoms. The molecule has 1 amide bonds. The standard InChI is InChI=1S/C22H28ClN3O3/c1-24-21-13-17(12-20(23)25-21)22(27)26-8-6-15(7-9-26)4-5-16-10-18(28-2)14-19(11-16)29-3/h10-15H,4-9H2,1-3H3,(H,24,25). The van der Waals surface area contributed by atoms with Crippen molar-refractivity contribution in [2.24, 2.45) is 5.92 Å². The van der Waals surface area contributed by atoms with Crippen molar-refractivity contribution in [3.8, 4) is 11.5 Å². The topological polar surface area (TPSA) is 63.7 Å². The minimum absolute atomic E-state index is 0.0155. The van der Waals surface area contributed by atoms with E-state index in [9.17, 15) is 4.79 Å². The summed E-state index contributed by atoms with van der Waals surface area (Å²) < 4.78 is 10.7. The van der Waals surface area contributed by atoms with Crippen LogP contribution in [0.25, 0.3) is 0 Å². The van der Waals surface area contributed by atoms with Gasteiger partial charge in [0, 0.05) is 31.8 Å². The van der Waals surface area contributed by atoms with E-state index in [-0.39, 0.29) is 5.91 Å². The number of ether oxygens (including phenoxy) is 2. The first-order chi connectivity index (χ1) is 14.0. The van der Waals surface area contributed by atoms with E-state index in [1.807, 2.05) is 11.0 Å². The normalized spacial score (nSPS) is 14.6. The van der Waals surface area contributed by atoms with Crippen LogP contribution in [-0.4, -0.2) is 50.1 Å². The van der Waals surface area contributed by atoms with Gasteiger partial charge in [-0.25, -0.2) is 4.98 Å². The van der Waals surface area contributed by atoms with E-state index < -0.39 is 0 Å². The molecule has 2 heterocycles. The Hall–Kier alpha value is -2.47. The first kappa shape index (κ1) is 21.2. The van der Waals surface area contributed by atoms with Gasteiger partial charge in [-0.2, -0.15) is 0 Å². The van der Waals surface area contributed by atoms with E-state index in [0.29, 0.717) is 22.5 Å². The number of pyridine rings is 1. The molecule has 0 aliphatic carbocycles. The molecule has 3 rings (SSSR count). The number of carbonyl (C=O) groups excluding carboxylic acids is 1. The Labute approximate surface area is 177 Å². The third-order valence-corrected chi connectivity index (χ3v) is 5.65. The fourth-order valence-corrected chi connectivity index (χ4v) is 3.95. The lowest BCUT2D eigenvalue weighted by molar-refractivity contribution is 0.0687. The van der Waals surface area contributed by atoms with Gasteiger partial charge in [-0.3, -0.25) is 4.79 Å². The first-order valence-corrected chi connectivity index (χ1v) is 10.3. The summed E-state index contributed by atoms with van der Waals surface area (Å²) in [6, 6.07) is 9.39. The number of nitrogens with one attached hydrogen (secondary N) is 1. The highest BCUT2D eigenvalue weighted by molar-refractivity contribution is 6.29. The number of amides is 1. The second-order valence-electron chi connectivity index (χ2n) is 7.31. The summed E-state index contributed by atoms with van der Waals surface area (Å²) in [6.45, 7) is 1.53. The molecule has 1 N–H and O–H groups in total. The van der Waals surface area contributed by atoms with Crippen LogP contribution in [0.2, 0.25) is 5.15 Å². The number of hydrogen-bond donors (Lipinski definition) is 1. The summed E-state index contributed by atoms with van der Waals surface area (Å²) in [5.74, 6) is 2.85. The number of piperidine rings is 1. The summed E-state index contributed by atoms with van der Waals surface area (Å²) in [5, 5.41) is 3.26. The zero-order valence-electron chi connectivity index (χ0n) is 17.2. The average molecular weight is 418 g/mol. The average Bonchev–Trinajstić information content (AvgIpc) is 2.76. The van der Waals surface area contributed by atoms with E-state index in [1.54, 1.807) is 33.4 Å². The third kappa shape index (κ3) is 5.54. The molecule has 7 heteroatoms. The van der Waals surface area contributed by atoms with Gasteiger partial charge in [0.05, 0.1) is 14.2 Å². The number of methoxy groups -OCH3 is 2. The van der Waals surface area contributed by atoms with Gasteiger partial charge < -0.3 is 19.7 Å². The maximum absolute atomic E-state index is 12.8. The zero-order valence-corrected chi connectivity index (χ0v) is 18.0. The van der Waals surface area contributed by atoms with Gasteiger partial charge in [-0.1, -0.05) is 11.6 Å². The molecule has 0 unspecified atom stereocenters. The number of aryl methyl sites for hydroxylation is 1. The minimum Gasteiger partial charge on any atom is -0.497 e. The highest BCUT2D eigenvalue weighted by atomic mass is 35.5.